The van der Waals surface area contributed by atoms with Crippen LogP contribution in [-0.4, -0.2) is 21.7 Å². The van der Waals surface area contributed by atoms with Crippen molar-refractivity contribution in [1.82, 2.24) is 15.1 Å². The third-order valence-corrected chi connectivity index (χ3v) is 4.21. The van der Waals surface area contributed by atoms with Gasteiger partial charge in [-0.15, -0.1) is 0 Å². The zero-order valence-electron chi connectivity index (χ0n) is 13.8. The van der Waals surface area contributed by atoms with E-state index in [0.717, 1.165) is 25.0 Å². The summed E-state index contributed by atoms with van der Waals surface area (Å²) in [6.07, 6.45) is 3.63. The first-order chi connectivity index (χ1) is 9.38. The molecule has 0 aromatic carbocycles. The number of nitrogens with one attached hydrogen (secondary N) is 1. The number of carbonyl (C=O) groups is 1. The summed E-state index contributed by atoms with van der Waals surface area (Å²) in [5.74, 6) is 0.675. The molecule has 0 aliphatic carbocycles. The van der Waals surface area contributed by atoms with E-state index >= 15 is 0 Å². The Hall–Kier alpha value is -1.32. The molecule has 1 atom stereocenters. The lowest BCUT2D eigenvalue weighted by Gasteiger charge is -2.17. The van der Waals surface area contributed by atoms with Crippen LogP contribution in [0.1, 0.15) is 57.0 Å². The molecule has 0 aliphatic heterocycles. The third-order valence-electron chi connectivity index (χ3n) is 4.21. The van der Waals surface area contributed by atoms with E-state index in [-0.39, 0.29) is 11.9 Å². The predicted molar refractivity (Wildman–Crippen MR) is 82.7 cm³/mol. The number of amides is 1. The molecule has 1 N–H and O–H groups in total. The van der Waals surface area contributed by atoms with Gasteiger partial charge in [-0.05, 0) is 38.7 Å². The quantitative estimate of drug-likeness (QED) is 0.834. The molecule has 1 rings (SSSR count). The number of rotatable bonds is 7. The Balaban J connectivity index is 2.55. The second-order valence-corrected chi connectivity index (χ2v) is 5.83. The number of aromatic nitrogens is 2. The van der Waals surface area contributed by atoms with Gasteiger partial charge in [0.15, 0.2) is 0 Å². The molecular weight excluding hydrogens is 250 g/mol. The molecular formula is C16H29N3O. The van der Waals surface area contributed by atoms with Crippen molar-refractivity contribution in [2.24, 2.45) is 13.0 Å². The van der Waals surface area contributed by atoms with Gasteiger partial charge in [-0.1, -0.05) is 26.7 Å². The predicted octanol–water partition coefficient (Wildman–Crippen LogP) is 2.91. The minimum absolute atomic E-state index is 0.151. The molecule has 1 aromatic heterocycles. The van der Waals surface area contributed by atoms with Crippen LogP contribution >= 0.6 is 0 Å². The van der Waals surface area contributed by atoms with Gasteiger partial charge in [0.1, 0.15) is 0 Å². The SMILES string of the molecule is CCC(CC)CC(=O)N[C@@H](C)Cc1c(C)nn(C)c1C. The first kappa shape index (κ1) is 16.7. The fraction of sp³-hybridized carbons (Fsp3) is 0.750. The van der Waals surface area contributed by atoms with Gasteiger partial charge in [0.2, 0.25) is 5.91 Å². The van der Waals surface area contributed by atoms with Gasteiger partial charge in [0, 0.05) is 25.2 Å². The molecule has 0 bridgehead atoms. The largest absolute Gasteiger partial charge is 0.353 e. The molecule has 0 radical (unpaired) electrons. The molecule has 1 aromatic rings. The lowest BCUT2D eigenvalue weighted by Crippen LogP contribution is -2.35. The van der Waals surface area contributed by atoms with Crippen molar-refractivity contribution in [3.8, 4) is 0 Å². The highest BCUT2D eigenvalue weighted by Crippen LogP contribution is 2.15. The lowest BCUT2D eigenvalue weighted by atomic mass is 9.98. The van der Waals surface area contributed by atoms with Crippen LogP contribution < -0.4 is 5.32 Å². The maximum absolute atomic E-state index is 12.0. The molecule has 4 heteroatoms. The molecule has 4 nitrogen and oxygen atoms in total. The highest BCUT2D eigenvalue weighted by atomic mass is 16.1. The van der Waals surface area contributed by atoms with Crippen LogP contribution in [0.3, 0.4) is 0 Å². The fourth-order valence-corrected chi connectivity index (χ4v) is 2.64. The van der Waals surface area contributed by atoms with Gasteiger partial charge in [-0.2, -0.15) is 5.10 Å². The number of hydrogen-bond acceptors (Lipinski definition) is 2. The number of aryl methyl sites for hydroxylation is 2. The second-order valence-electron chi connectivity index (χ2n) is 5.83. The van der Waals surface area contributed by atoms with Gasteiger partial charge in [-0.3, -0.25) is 9.48 Å². The Bertz CT molecular complexity index is 447. The fourth-order valence-electron chi connectivity index (χ4n) is 2.64. The topological polar surface area (TPSA) is 46.9 Å². The van der Waals surface area contributed by atoms with E-state index in [0.29, 0.717) is 12.3 Å². The Morgan fingerprint density at radius 3 is 2.35 bits per heavy atom. The molecule has 1 amide bonds. The molecule has 0 fully saturated rings. The summed E-state index contributed by atoms with van der Waals surface area (Å²) < 4.78 is 1.91. The summed E-state index contributed by atoms with van der Waals surface area (Å²) in [5, 5.41) is 7.54. The highest BCUT2D eigenvalue weighted by molar-refractivity contribution is 5.76. The molecule has 0 unspecified atom stereocenters. The second kappa shape index (κ2) is 7.46. The van der Waals surface area contributed by atoms with Gasteiger partial charge in [0.25, 0.3) is 0 Å². The molecule has 0 saturated heterocycles. The van der Waals surface area contributed by atoms with E-state index in [9.17, 15) is 4.79 Å². The van der Waals surface area contributed by atoms with Crippen LogP contribution in [-0.2, 0) is 18.3 Å². The minimum Gasteiger partial charge on any atom is -0.353 e. The van der Waals surface area contributed by atoms with Gasteiger partial charge in [-0.25, -0.2) is 0 Å². The zero-order valence-corrected chi connectivity index (χ0v) is 13.8. The first-order valence-electron chi connectivity index (χ1n) is 7.67. The number of hydrogen-bond donors (Lipinski definition) is 1. The first-order valence-corrected chi connectivity index (χ1v) is 7.67. The van der Waals surface area contributed by atoms with Gasteiger partial charge >= 0.3 is 0 Å². The minimum atomic E-state index is 0.151. The molecule has 0 saturated carbocycles. The number of nitrogens with zero attached hydrogens (tertiary/aromatic N) is 2. The molecule has 0 aliphatic rings. The lowest BCUT2D eigenvalue weighted by molar-refractivity contribution is -0.122. The van der Waals surface area contributed by atoms with E-state index < -0.39 is 0 Å². The normalized spacial score (nSPS) is 12.8. The summed E-state index contributed by atoms with van der Waals surface area (Å²) in [6.45, 7) is 10.5. The van der Waals surface area contributed by atoms with Crippen LogP contribution in [0.25, 0.3) is 0 Å². The van der Waals surface area contributed by atoms with Crippen molar-refractivity contribution in [2.75, 3.05) is 0 Å². The van der Waals surface area contributed by atoms with Crippen molar-refractivity contribution in [2.45, 2.75) is 66.3 Å². The van der Waals surface area contributed by atoms with E-state index in [1.807, 2.05) is 18.7 Å². The Morgan fingerprint density at radius 1 is 1.30 bits per heavy atom. The van der Waals surface area contributed by atoms with Crippen molar-refractivity contribution in [3.05, 3.63) is 17.0 Å². The average molecular weight is 279 g/mol. The van der Waals surface area contributed by atoms with Crippen LogP contribution in [0.2, 0.25) is 0 Å². The number of carbonyl (C=O) groups excluding carboxylic acids is 1. The van der Waals surface area contributed by atoms with Crippen LogP contribution in [0.5, 0.6) is 0 Å². The Kier molecular flexibility index (Phi) is 6.24. The zero-order chi connectivity index (χ0) is 15.3. The molecule has 0 spiro atoms. The van der Waals surface area contributed by atoms with Gasteiger partial charge < -0.3 is 5.32 Å². The Morgan fingerprint density at radius 2 is 1.90 bits per heavy atom. The summed E-state index contributed by atoms with van der Waals surface area (Å²) in [7, 11) is 1.96. The van der Waals surface area contributed by atoms with Crippen molar-refractivity contribution < 1.29 is 4.79 Å². The van der Waals surface area contributed by atoms with Gasteiger partial charge in [0.05, 0.1) is 5.69 Å². The average Bonchev–Trinajstić information content (AvgIpc) is 2.62. The Labute approximate surface area is 122 Å². The maximum atomic E-state index is 12.0. The van der Waals surface area contributed by atoms with E-state index in [2.05, 4.69) is 38.1 Å². The summed E-state index contributed by atoms with van der Waals surface area (Å²) in [5.41, 5.74) is 3.50. The maximum Gasteiger partial charge on any atom is 0.220 e. The molecule has 1 heterocycles. The summed E-state index contributed by atoms with van der Waals surface area (Å²) >= 11 is 0. The van der Waals surface area contributed by atoms with Crippen molar-refractivity contribution in [3.63, 3.8) is 0 Å². The molecule has 20 heavy (non-hydrogen) atoms. The summed E-state index contributed by atoms with van der Waals surface area (Å²) in [4.78, 5) is 12.0. The third kappa shape index (κ3) is 4.36. The summed E-state index contributed by atoms with van der Waals surface area (Å²) in [6, 6.07) is 0.151. The smallest absolute Gasteiger partial charge is 0.220 e. The molecule has 114 valence electrons. The van der Waals surface area contributed by atoms with E-state index in [4.69, 9.17) is 0 Å². The van der Waals surface area contributed by atoms with Crippen LogP contribution in [0.15, 0.2) is 0 Å². The van der Waals surface area contributed by atoms with E-state index in [1.54, 1.807) is 0 Å². The van der Waals surface area contributed by atoms with Crippen molar-refractivity contribution in [1.29, 1.82) is 0 Å². The van der Waals surface area contributed by atoms with Crippen molar-refractivity contribution >= 4 is 5.91 Å². The van der Waals surface area contributed by atoms with Crippen LogP contribution in [0.4, 0.5) is 0 Å². The standard InChI is InChI=1S/C16H29N3O/c1-7-14(8-2)10-16(20)17-11(3)9-15-12(4)18-19(6)13(15)5/h11,14H,7-10H2,1-6H3,(H,17,20)/t11-/m0/s1. The van der Waals surface area contributed by atoms with E-state index in [1.165, 1.54) is 11.3 Å². The van der Waals surface area contributed by atoms with Crippen LogP contribution in [0, 0.1) is 19.8 Å². The monoisotopic (exact) mass is 279 g/mol. The highest BCUT2D eigenvalue weighted by Gasteiger charge is 2.16.